The Labute approximate surface area is 224 Å². The Kier molecular flexibility index (Phi) is 8.82. The van der Waals surface area contributed by atoms with Gasteiger partial charge >= 0.3 is 0 Å². The third-order valence-electron chi connectivity index (χ3n) is 5.80. The quantitative estimate of drug-likeness (QED) is 0.375. The molecule has 0 atom stereocenters. The highest BCUT2D eigenvalue weighted by atomic mass is 35.5. The number of halogens is 2. The SMILES string of the molecule is CCOc1cc(/C=C2\SC(=O)N(CC(=O)N3CCCCC3)C2=O)cc(Cl)c1OCc1ccc(Cl)cc1. The number of hydrogen-bond acceptors (Lipinski definition) is 6. The van der Waals surface area contributed by atoms with E-state index in [1.807, 2.05) is 19.1 Å². The minimum absolute atomic E-state index is 0.206. The molecule has 2 fully saturated rings. The number of thioether (sulfide) groups is 1. The zero-order valence-electron chi connectivity index (χ0n) is 19.8. The van der Waals surface area contributed by atoms with Crippen molar-refractivity contribution in [1.29, 1.82) is 0 Å². The van der Waals surface area contributed by atoms with Crippen LogP contribution in [0.3, 0.4) is 0 Å². The molecule has 7 nitrogen and oxygen atoms in total. The van der Waals surface area contributed by atoms with Gasteiger partial charge in [0.25, 0.3) is 11.1 Å². The highest BCUT2D eigenvalue weighted by Gasteiger charge is 2.37. The van der Waals surface area contributed by atoms with Crippen molar-refractivity contribution in [2.75, 3.05) is 26.2 Å². The molecule has 2 aromatic carbocycles. The smallest absolute Gasteiger partial charge is 0.294 e. The summed E-state index contributed by atoms with van der Waals surface area (Å²) in [6.45, 7) is 3.57. The number of ether oxygens (including phenoxy) is 2. The van der Waals surface area contributed by atoms with Gasteiger partial charge in [-0.2, -0.15) is 0 Å². The Bertz CT molecular complexity index is 1180. The molecule has 0 bridgehead atoms. The average molecular weight is 549 g/mol. The highest BCUT2D eigenvalue weighted by molar-refractivity contribution is 8.18. The number of carbonyl (C=O) groups excluding carboxylic acids is 3. The lowest BCUT2D eigenvalue weighted by molar-refractivity contribution is -0.136. The molecule has 2 saturated heterocycles. The Morgan fingerprint density at radius 3 is 2.47 bits per heavy atom. The molecule has 36 heavy (non-hydrogen) atoms. The van der Waals surface area contributed by atoms with Crippen LogP contribution < -0.4 is 9.47 Å². The summed E-state index contributed by atoms with van der Waals surface area (Å²) in [5.74, 6) is 0.102. The molecule has 2 aromatic rings. The molecule has 0 N–H and O–H groups in total. The minimum atomic E-state index is -0.493. The maximum absolute atomic E-state index is 12.9. The number of amides is 3. The molecule has 190 valence electrons. The third-order valence-corrected chi connectivity index (χ3v) is 7.24. The Morgan fingerprint density at radius 2 is 1.78 bits per heavy atom. The first-order valence-corrected chi connectivity index (χ1v) is 13.3. The van der Waals surface area contributed by atoms with Crippen LogP contribution in [-0.2, 0) is 16.2 Å². The summed E-state index contributed by atoms with van der Waals surface area (Å²) in [5, 5.41) is 0.479. The predicted molar refractivity (Wildman–Crippen MR) is 142 cm³/mol. The lowest BCUT2D eigenvalue weighted by Gasteiger charge is -2.27. The van der Waals surface area contributed by atoms with Gasteiger partial charge in [-0.1, -0.05) is 35.3 Å². The summed E-state index contributed by atoms with van der Waals surface area (Å²) >= 11 is 13.3. The molecular formula is C26H26Cl2N2O5S. The molecule has 0 saturated carbocycles. The topological polar surface area (TPSA) is 76.2 Å². The summed E-state index contributed by atoms with van der Waals surface area (Å²) in [6.07, 6.45) is 4.55. The van der Waals surface area contributed by atoms with Gasteiger partial charge in [-0.3, -0.25) is 19.3 Å². The molecule has 2 aliphatic rings. The van der Waals surface area contributed by atoms with Crippen LogP contribution in [0.1, 0.15) is 37.3 Å². The van der Waals surface area contributed by atoms with E-state index in [9.17, 15) is 14.4 Å². The van der Waals surface area contributed by atoms with Gasteiger partial charge in [0.15, 0.2) is 11.5 Å². The van der Waals surface area contributed by atoms with Gasteiger partial charge in [0.2, 0.25) is 5.91 Å². The second-order valence-electron chi connectivity index (χ2n) is 8.39. The lowest BCUT2D eigenvalue weighted by Crippen LogP contribution is -2.44. The lowest BCUT2D eigenvalue weighted by atomic mass is 10.1. The van der Waals surface area contributed by atoms with Crippen LogP contribution in [0.25, 0.3) is 6.08 Å². The Hall–Kier alpha value is -2.68. The highest BCUT2D eigenvalue weighted by Crippen LogP contribution is 2.39. The summed E-state index contributed by atoms with van der Waals surface area (Å²) in [7, 11) is 0. The summed E-state index contributed by atoms with van der Waals surface area (Å²) < 4.78 is 11.7. The van der Waals surface area contributed by atoms with Crippen molar-refractivity contribution in [3.63, 3.8) is 0 Å². The van der Waals surface area contributed by atoms with Crippen LogP contribution in [0.5, 0.6) is 11.5 Å². The number of nitrogens with zero attached hydrogens (tertiary/aromatic N) is 2. The first-order chi connectivity index (χ1) is 17.4. The van der Waals surface area contributed by atoms with E-state index < -0.39 is 11.1 Å². The molecule has 4 rings (SSSR count). The maximum Gasteiger partial charge on any atom is 0.294 e. The van der Waals surface area contributed by atoms with Crippen molar-refractivity contribution < 1.29 is 23.9 Å². The second-order valence-corrected chi connectivity index (χ2v) is 10.2. The van der Waals surface area contributed by atoms with Gasteiger partial charge < -0.3 is 14.4 Å². The molecule has 0 spiro atoms. The van der Waals surface area contributed by atoms with Crippen molar-refractivity contribution >= 4 is 58.1 Å². The summed E-state index contributed by atoms with van der Waals surface area (Å²) in [5.41, 5.74) is 1.49. The van der Waals surface area contributed by atoms with E-state index in [1.54, 1.807) is 35.2 Å². The molecule has 0 aromatic heterocycles. The Morgan fingerprint density at radius 1 is 1.06 bits per heavy atom. The fourth-order valence-corrected chi connectivity index (χ4v) is 5.21. The molecule has 2 aliphatic heterocycles. The van der Waals surface area contributed by atoms with Gasteiger partial charge in [0.05, 0.1) is 16.5 Å². The Balaban J connectivity index is 1.50. The average Bonchev–Trinajstić information content (AvgIpc) is 3.12. The number of imide groups is 1. The van der Waals surface area contributed by atoms with Crippen molar-refractivity contribution in [1.82, 2.24) is 9.80 Å². The van der Waals surface area contributed by atoms with Crippen LogP contribution >= 0.6 is 35.0 Å². The first-order valence-electron chi connectivity index (χ1n) is 11.7. The fourth-order valence-electron chi connectivity index (χ4n) is 3.98. The third kappa shape index (κ3) is 6.35. The normalized spacial score (nSPS) is 17.1. The first kappa shape index (κ1) is 26.4. The predicted octanol–water partition coefficient (Wildman–Crippen LogP) is 6.02. The minimum Gasteiger partial charge on any atom is -0.490 e. The van der Waals surface area contributed by atoms with Crippen molar-refractivity contribution in [2.45, 2.75) is 32.8 Å². The number of hydrogen-bond donors (Lipinski definition) is 0. The second kappa shape index (κ2) is 12.0. The molecule has 0 radical (unpaired) electrons. The number of piperidine rings is 1. The van der Waals surface area contributed by atoms with E-state index in [0.717, 1.165) is 41.5 Å². The maximum atomic E-state index is 12.9. The molecular weight excluding hydrogens is 523 g/mol. The molecule has 10 heteroatoms. The molecule has 0 unspecified atom stereocenters. The number of likely N-dealkylation sites (tertiary alicyclic amines) is 1. The standard InChI is InChI=1S/C26H26Cl2N2O5S/c1-2-34-21-13-18(12-20(28)24(21)35-16-17-6-8-19(27)9-7-17)14-22-25(32)30(26(33)36-22)15-23(31)29-10-4-3-5-11-29/h6-9,12-14H,2-5,10-11,15-16H2,1H3/b22-14-. The molecule has 2 heterocycles. The summed E-state index contributed by atoms with van der Waals surface area (Å²) in [4.78, 5) is 41.0. The van der Waals surface area contributed by atoms with E-state index in [-0.39, 0.29) is 24.0 Å². The van der Waals surface area contributed by atoms with Gasteiger partial charge in [-0.25, -0.2) is 0 Å². The van der Waals surface area contributed by atoms with Crippen LogP contribution in [0.4, 0.5) is 4.79 Å². The summed E-state index contributed by atoms with van der Waals surface area (Å²) in [6, 6.07) is 10.6. The van der Waals surface area contributed by atoms with Gasteiger partial charge in [0, 0.05) is 18.1 Å². The van der Waals surface area contributed by atoms with Crippen LogP contribution in [0.15, 0.2) is 41.3 Å². The number of carbonyl (C=O) groups is 3. The van der Waals surface area contributed by atoms with Crippen LogP contribution in [0, 0.1) is 0 Å². The van der Waals surface area contributed by atoms with Crippen LogP contribution in [-0.4, -0.2) is 53.1 Å². The van der Waals surface area contributed by atoms with Gasteiger partial charge in [-0.05, 0) is 79.4 Å². The van der Waals surface area contributed by atoms with E-state index in [1.165, 1.54) is 0 Å². The zero-order valence-corrected chi connectivity index (χ0v) is 22.1. The van der Waals surface area contributed by atoms with E-state index in [0.29, 0.717) is 46.8 Å². The van der Waals surface area contributed by atoms with E-state index in [2.05, 4.69) is 0 Å². The van der Waals surface area contributed by atoms with E-state index >= 15 is 0 Å². The van der Waals surface area contributed by atoms with Gasteiger partial charge in [-0.15, -0.1) is 0 Å². The molecule has 0 aliphatic carbocycles. The van der Waals surface area contributed by atoms with E-state index in [4.69, 9.17) is 32.7 Å². The number of benzene rings is 2. The number of rotatable bonds is 8. The molecule has 3 amide bonds. The van der Waals surface area contributed by atoms with Crippen LogP contribution in [0.2, 0.25) is 10.0 Å². The zero-order chi connectivity index (χ0) is 25.7. The van der Waals surface area contributed by atoms with Crippen molar-refractivity contribution in [3.8, 4) is 11.5 Å². The fraction of sp³-hybridized carbons (Fsp3) is 0.346. The van der Waals surface area contributed by atoms with Crippen molar-refractivity contribution in [2.24, 2.45) is 0 Å². The van der Waals surface area contributed by atoms with Crippen molar-refractivity contribution in [3.05, 3.63) is 62.5 Å². The monoisotopic (exact) mass is 548 g/mol. The van der Waals surface area contributed by atoms with Gasteiger partial charge in [0.1, 0.15) is 13.2 Å². The largest absolute Gasteiger partial charge is 0.490 e.